The van der Waals surface area contributed by atoms with E-state index in [0.29, 0.717) is 25.8 Å². The Bertz CT molecular complexity index is 390. The van der Waals surface area contributed by atoms with E-state index in [-0.39, 0.29) is 5.91 Å². The fourth-order valence-corrected chi connectivity index (χ4v) is 1.77. The van der Waals surface area contributed by atoms with Crippen LogP contribution in [-0.4, -0.2) is 32.8 Å². The van der Waals surface area contributed by atoms with Crippen LogP contribution in [0.1, 0.15) is 39.0 Å². The Morgan fingerprint density at radius 2 is 2.21 bits per heavy atom. The van der Waals surface area contributed by atoms with Gasteiger partial charge in [0.1, 0.15) is 6.04 Å². The number of hydrogen-bond acceptors (Lipinski definition) is 3. The lowest BCUT2D eigenvalue weighted by Crippen LogP contribution is -2.40. The van der Waals surface area contributed by atoms with E-state index >= 15 is 0 Å². The van der Waals surface area contributed by atoms with Gasteiger partial charge in [0.05, 0.1) is 0 Å². The first-order valence-electron chi connectivity index (χ1n) is 6.63. The molecular formula is C13H21N3O3. The van der Waals surface area contributed by atoms with Crippen LogP contribution in [-0.2, 0) is 16.1 Å². The van der Waals surface area contributed by atoms with E-state index in [1.807, 2.05) is 19.2 Å². The van der Waals surface area contributed by atoms with Crippen molar-refractivity contribution in [2.24, 2.45) is 0 Å². The number of hydrogen-bond donors (Lipinski definition) is 2. The molecule has 106 valence electrons. The summed E-state index contributed by atoms with van der Waals surface area (Å²) in [6, 6.07) is 1.06. The third-order valence-corrected chi connectivity index (χ3v) is 2.83. The number of carboxylic acid groups (broad SMARTS) is 1. The van der Waals surface area contributed by atoms with E-state index in [2.05, 4.69) is 10.4 Å². The van der Waals surface area contributed by atoms with Gasteiger partial charge in [-0.3, -0.25) is 9.48 Å². The lowest BCUT2D eigenvalue weighted by Gasteiger charge is -2.13. The maximum absolute atomic E-state index is 11.6. The fraction of sp³-hybridized carbons (Fsp3) is 0.615. The third-order valence-electron chi connectivity index (χ3n) is 2.83. The molecule has 1 aromatic rings. The minimum absolute atomic E-state index is 0.212. The first kappa shape index (κ1) is 15.2. The summed E-state index contributed by atoms with van der Waals surface area (Å²) in [6.07, 6.45) is 6.67. The van der Waals surface area contributed by atoms with Crippen molar-refractivity contribution in [2.75, 3.05) is 0 Å². The molecule has 0 saturated heterocycles. The summed E-state index contributed by atoms with van der Waals surface area (Å²) in [7, 11) is 0. The zero-order valence-electron chi connectivity index (χ0n) is 11.2. The Morgan fingerprint density at radius 1 is 1.42 bits per heavy atom. The summed E-state index contributed by atoms with van der Waals surface area (Å²) in [5, 5.41) is 15.6. The number of aromatic nitrogens is 2. The average Bonchev–Trinajstić information content (AvgIpc) is 2.87. The highest BCUT2D eigenvalue weighted by molar-refractivity contribution is 5.83. The molecular weight excluding hydrogens is 246 g/mol. The zero-order valence-corrected chi connectivity index (χ0v) is 11.2. The quantitative estimate of drug-likeness (QED) is 0.708. The molecule has 0 aliphatic rings. The fourth-order valence-electron chi connectivity index (χ4n) is 1.77. The van der Waals surface area contributed by atoms with Gasteiger partial charge in [0, 0.05) is 25.4 Å². The summed E-state index contributed by atoms with van der Waals surface area (Å²) in [5.41, 5.74) is 0. The van der Waals surface area contributed by atoms with Crippen LogP contribution < -0.4 is 5.32 Å². The SMILES string of the molecule is CCCCC(NC(=O)CCCn1cccn1)C(=O)O. The second-order valence-corrected chi connectivity index (χ2v) is 4.47. The van der Waals surface area contributed by atoms with Crippen molar-refractivity contribution in [2.45, 2.75) is 51.6 Å². The molecule has 0 radical (unpaired) electrons. The smallest absolute Gasteiger partial charge is 0.326 e. The van der Waals surface area contributed by atoms with Gasteiger partial charge in [-0.05, 0) is 18.9 Å². The van der Waals surface area contributed by atoms with Gasteiger partial charge in [0.25, 0.3) is 0 Å². The van der Waals surface area contributed by atoms with Crippen LogP contribution in [0.15, 0.2) is 18.5 Å². The van der Waals surface area contributed by atoms with Crippen molar-refractivity contribution in [1.82, 2.24) is 15.1 Å². The summed E-state index contributed by atoms with van der Waals surface area (Å²) in [4.78, 5) is 22.6. The lowest BCUT2D eigenvalue weighted by molar-refractivity contribution is -0.142. The molecule has 0 aliphatic heterocycles. The van der Waals surface area contributed by atoms with Crippen LogP contribution in [0.2, 0.25) is 0 Å². The number of rotatable bonds is 9. The van der Waals surface area contributed by atoms with E-state index in [9.17, 15) is 9.59 Å². The molecule has 0 bridgehead atoms. The Labute approximate surface area is 112 Å². The Hall–Kier alpha value is -1.85. The first-order valence-corrected chi connectivity index (χ1v) is 6.63. The summed E-state index contributed by atoms with van der Waals surface area (Å²) in [6.45, 7) is 2.65. The molecule has 19 heavy (non-hydrogen) atoms. The zero-order chi connectivity index (χ0) is 14.1. The molecule has 0 spiro atoms. The molecule has 6 heteroatoms. The van der Waals surface area contributed by atoms with Gasteiger partial charge in [-0.25, -0.2) is 4.79 Å². The molecule has 1 atom stereocenters. The Morgan fingerprint density at radius 3 is 2.79 bits per heavy atom. The van der Waals surface area contributed by atoms with E-state index in [1.54, 1.807) is 10.9 Å². The third kappa shape index (κ3) is 6.03. The largest absolute Gasteiger partial charge is 0.480 e. The number of nitrogens with one attached hydrogen (secondary N) is 1. The molecule has 6 nitrogen and oxygen atoms in total. The van der Waals surface area contributed by atoms with Crippen LogP contribution in [0.5, 0.6) is 0 Å². The first-order chi connectivity index (χ1) is 9.13. The molecule has 1 unspecified atom stereocenters. The molecule has 0 aliphatic carbocycles. The van der Waals surface area contributed by atoms with Crippen molar-refractivity contribution in [3.8, 4) is 0 Å². The number of amides is 1. The highest BCUT2D eigenvalue weighted by Crippen LogP contribution is 2.02. The molecule has 0 saturated carbocycles. The monoisotopic (exact) mass is 267 g/mol. The van der Waals surface area contributed by atoms with Gasteiger partial charge >= 0.3 is 5.97 Å². The number of unbranched alkanes of at least 4 members (excludes halogenated alkanes) is 1. The molecule has 0 aromatic carbocycles. The van der Waals surface area contributed by atoms with Crippen LogP contribution in [0.4, 0.5) is 0 Å². The lowest BCUT2D eigenvalue weighted by atomic mass is 10.1. The van der Waals surface area contributed by atoms with E-state index < -0.39 is 12.0 Å². The summed E-state index contributed by atoms with van der Waals surface area (Å²) < 4.78 is 1.75. The Kier molecular flexibility index (Phi) is 6.63. The van der Waals surface area contributed by atoms with E-state index in [1.165, 1.54) is 0 Å². The van der Waals surface area contributed by atoms with Gasteiger partial charge in [-0.15, -0.1) is 0 Å². The van der Waals surface area contributed by atoms with E-state index in [0.717, 1.165) is 12.8 Å². The standard InChI is InChI=1S/C13H21N3O3/c1-2-3-6-11(13(18)19)15-12(17)7-4-9-16-10-5-8-14-16/h5,8,10-11H,2-4,6-7,9H2,1H3,(H,15,17)(H,18,19). The van der Waals surface area contributed by atoms with Crippen LogP contribution in [0.3, 0.4) is 0 Å². The maximum atomic E-state index is 11.6. The van der Waals surface area contributed by atoms with Gasteiger partial charge in [0.2, 0.25) is 5.91 Å². The predicted molar refractivity (Wildman–Crippen MR) is 70.6 cm³/mol. The van der Waals surface area contributed by atoms with Gasteiger partial charge in [-0.1, -0.05) is 19.8 Å². The Balaban J connectivity index is 2.25. The average molecular weight is 267 g/mol. The molecule has 1 heterocycles. The van der Waals surface area contributed by atoms with Crippen molar-refractivity contribution in [3.05, 3.63) is 18.5 Å². The van der Waals surface area contributed by atoms with Gasteiger partial charge in [0.15, 0.2) is 0 Å². The number of carboxylic acids is 1. The van der Waals surface area contributed by atoms with Gasteiger partial charge < -0.3 is 10.4 Å². The minimum atomic E-state index is -0.964. The van der Waals surface area contributed by atoms with Crippen molar-refractivity contribution in [3.63, 3.8) is 0 Å². The number of carbonyl (C=O) groups is 2. The van der Waals surface area contributed by atoms with Crippen LogP contribution in [0, 0.1) is 0 Å². The van der Waals surface area contributed by atoms with E-state index in [4.69, 9.17) is 5.11 Å². The number of aliphatic carboxylic acids is 1. The highest BCUT2D eigenvalue weighted by Gasteiger charge is 2.18. The topological polar surface area (TPSA) is 84.2 Å². The molecule has 1 aromatic heterocycles. The number of nitrogens with zero attached hydrogens (tertiary/aromatic N) is 2. The molecule has 1 rings (SSSR count). The number of carbonyl (C=O) groups excluding carboxylic acids is 1. The van der Waals surface area contributed by atoms with Crippen LogP contribution >= 0.6 is 0 Å². The second-order valence-electron chi connectivity index (χ2n) is 4.47. The minimum Gasteiger partial charge on any atom is -0.480 e. The van der Waals surface area contributed by atoms with Crippen molar-refractivity contribution in [1.29, 1.82) is 0 Å². The second kappa shape index (κ2) is 8.29. The highest BCUT2D eigenvalue weighted by atomic mass is 16.4. The van der Waals surface area contributed by atoms with Gasteiger partial charge in [-0.2, -0.15) is 5.10 Å². The van der Waals surface area contributed by atoms with Crippen LogP contribution in [0.25, 0.3) is 0 Å². The summed E-state index contributed by atoms with van der Waals surface area (Å²) in [5.74, 6) is -1.18. The van der Waals surface area contributed by atoms with Crippen molar-refractivity contribution < 1.29 is 14.7 Å². The number of aryl methyl sites for hydroxylation is 1. The normalized spacial score (nSPS) is 12.1. The maximum Gasteiger partial charge on any atom is 0.326 e. The summed E-state index contributed by atoms with van der Waals surface area (Å²) >= 11 is 0. The molecule has 0 fully saturated rings. The molecule has 2 N–H and O–H groups in total. The van der Waals surface area contributed by atoms with Crippen molar-refractivity contribution >= 4 is 11.9 Å². The predicted octanol–water partition coefficient (Wildman–Crippen LogP) is 1.42. The molecule has 1 amide bonds.